The lowest BCUT2D eigenvalue weighted by Gasteiger charge is -2.16. The monoisotopic (exact) mass is 422 g/mol. The van der Waals surface area contributed by atoms with E-state index in [0.29, 0.717) is 10.3 Å². The predicted octanol–water partition coefficient (Wildman–Crippen LogP) is 2.71. The Balaban J connectivity index is 1.72. The van der Waals surface area contributed by atoms with Crippen LogP contribution in [0.3, 0.4) is 0 Å². The van der Waals surface area contributed by atoms with Gasteiger partial charge in [-0.15, -0.1) is 0 Å². The molecule has 2 aromatic carbocycles. The maximum absolute atomic E-state index is 13.3. The van der Waals surface area contributed by atoms with Crippen molar-refractivity contribution in [3.8, 4) is 6.07 Å². The highest BCUT2D eigenvalue weighted by Gasteiger charge is 2.23. The molecule has 3 rings (SSSR count). The molecule has 0 spiro atoms. The highest BCUT2D eigenvalue weighted by Crippen LogP contribution is 2.27. The van der Waals surface area contributed by atoms with Gasteiger partial charge in [0.15, 0.2) is 16.8 Å². The maximum atomic E-state index is 13.3. The molecule has 0 atom stereocenters. The van der Waals surface area contributed by atoms with Gasteiger partial charge in [0.2, 0.25) is 15.9 Å². The molecule has 0 aliphatic heterocycles. The molecule has 28 heavy (non-hydrogen) atoms. The van der Waals surface area contributed by atoms with Crippen LogP contribution < -0.4 is 5.32 Å². The Morgan fingerprint density at radius 1 is 1.25 bits per heavy atom. The van der Waals surface area contributed by atoms with Crippen molar-refractivity contribution in [1.29, 1.82) is 5.26 Å². The fourth-order valence-electron chi connectivity index (χ4n) is 2.30. The van der Waals surface area contributed by atoms with Crippen LogP contribution in [0, 0.1) is 23.0 Å². The zero-order valence-electron chi connectivity index (χ0n) is 14.3. The Kier molecular flexibility index (Phi) is 5.37. The minimum atomic E-state index is -3.94. The summed E-state index contributed by atoms with van der Waals surface area (Å²) in [6, 6.07) is 9.05. The molecule has 0 aliphatic carbocycles. The minimum Gasteiger partial charge on any atom is -0.301 e. The minimum absolute atomic E-state index is 0.0623. The van der Waals surface area contributed by atoms with Gasteiger partial charge in [-0.05, 0) is 30.3 Å². The van der Waals surface area contributed by atoms with Crippen LogP contribution in [0.25, 0.3) is 10.2 Å². The molecule has 0 saturated heterocycles. The van der Waals surface area contributed by atoms with E-state index in [2.05, 4.69) is 10.3 Å². The number of carbonyl (C=O) groups is 1. The van der Waals surface area contributed by atoms with Gasteiger partial charge in [0, 0.05) is 13.1 Å². The molecule has 0 saturated carbocycles. The van der Waals surface area contributed by atoms with Crippen LogP contribution >= 0.6 is 11.3 Å². The predicted molar refractivity (Wildman–Crippen MR) is 99.1 cm³/mol. The molecule has 0 bridgehead atoms. The van der Waals surface area contributed by atoms with E-state index in [9.17, 15) is 22.0 Å². The molecule has 1 heterocycles. The maximum Gasteiger partial charge on any atom is 0.243 e. The third-order valence-electron chi connectivity index (χ3n) is 3.73. The lowest BCUT2D eigenvalue weighted by molar-refractivity contribution is -0.116. The standard InChI is InChI=1S/C17H12F2N4O3S2/c1-23(28(25,26)11-4-2-10(8-20)3-5-11)9-16(24)22-17-21-14-6-12(18)13(19)7-15(14)27-17/h2-7H,9H2,1H3,(H,21,22,24). The van der Waals surface area contributed by atoms with Crippen LogP contribution in [0.1, 0.15) is 5.56 Å². The number of thiazole rings is 1. The quantitative estimate of drug-likeness (QED) is 0.681. The van der Waals surface area contributed by atoms with Crippen molar-refractivity contribution in [2.45, 2.75) is 4.90 Å². The summed E-state index contributed by atoms with van der Waals surface area (Å²) in [4.78, 5) is 16.1. The van der Waals surface area contributed by atoms with Gasteiger partial charge in [-0.2, -0.15) is 9.57 Å². The van der Waals surface area contributed by atoms with Crippen LogP contribution in [0.2, 0.25) is 0 Å². The van der Waals surface area contributed by atoms with Gasteiger partial charge in [0.05, 0.1) is 33.3 Å². The molecular formula is C17H12F2N4O3S2. The number of carbonyl (C=O) groups excluding carboxylic acids is 1. The molecule has 144 valence electrons. The van der Waals surface area contributed by atoms with Crippen LogP contribution in [0.5, 0.6) is 0 Å². The van der Waals surface area contributed by atoms with Crippen LogP contribution in [-0.2, 0) is 14.8 Å². The van der Waals surface area contributed by atoms with Crippen molar-refractivity contribution >= 4 is 42.6 Å². The van der Waals surface area contributed by atoms with Gasteiger partial charge in [-0.25, -0.2) is 22.2 Å². The summed E-state index contributed by atoms with van der Waals surface area (Å²) < 4.78 is 52.7. The molecule has 0 radical (unpaired) electrons. The number of nitrogens with zero attached hydrogens (tertiary/aromatic N) is 3. The van der Waals surface area contributed by atoms with E-state index in [1.165, 1.54) is 31.3 Å². The first-order valence-corrected chi connectivity index (χ1v) is 9.98. The molecule has 0 aliphatic rings. The number of nitrogens with one attached hydrogen (secondary N) is 1. The smallest absolute Gasteiger partial charge is 0.243 e. The number of benzene rings is 2. The fraction of sp³-hybridized carbons (Fsp3) is 0.118. The lowest BCUT2D eigenvalue weighted by Crippen LogP contribution is -2.34. The summed E-state index contributed by atoms with van der Waals surface area (Å²) >= 11 is 0.935. The topological polar surface area (TPSA) is 103 Å². The zero-order chi connectivity index (χ0) is 20.5. The second-order valence-corrected chi connectivity index (χ2v) is 8.77. The number of aromatic nitrogens is 1. The zero-order valence-corrected chi connectivity index (χ0v) is 15.9. The van der Waals surface area contributed by atoms with Crippen molar-refractivity contribution < 1.29 is 22.0 Å². The van der Waals surface area contributed by atoms with Crippen molar-refractivity contribution in [2.24, 2.45) is 0 Å². The first-order chi connectivity index (χ1) is 13.2. The van der Waals surface area contributed by atoms with Crippen molar-refractivity contribution in [3.05, 3.63) is 53.6 Å². The van der Waals surface area contributed by atoms with E-state index in [-0.39, 0.29) is 15.5 Å². The average Bonchev–Trinajstić information content (AvgIpc) is 3.02. The number of halogens is 2. The van der Waals surface area contributed by atoms with Crippen LogP contribution in [0.4, 0.5) is 13.9 Å². The molecule has 1 amide bonds. The summed E-state index contributed by atoms with van der Waals surface area (Å²) in [6.07, 6.45) is 0. The second kappa shape index (κ2) is 7.59. The first kappa shape index (κ1) is 19.8. The molecule has 1 N–H and O–H groups in total. The highest BCUT2D eigenvalue weighted by atomic mass is 32.2. The fourth-order valence-corrected chi connectivity index (χ4v) is 4.32. The number of hydrogen-bond donors (Lipinski definition) is 1. The van der Waals surface area contributed by atoms with Crippen molar-refractivity contribution in [1.82, 2.24) is 9.29 Å². The third-order valence-corrected chi connectivity index (χ3v) is 6.49. The number of amides is 1. The summed E-state index contributed by atoms with van der Waals surface area (Å²) in [5, 5.41) is 11.3. The molecular weight excluding hydrogens is 410 g/mol. The number of sulfonamides is 1. The van der Waals surface area contributed by atoms with E-state index < -0.39 is 34.1 Å². The van der Waals surface area contributed by atoms with E-state index in [0.717, 1.165) is 27.8 Å². The molecule has 11 heteroatoms. The first-order valence-electron chi connectivity index (χ1n) is 7.72. The van der Waals surface area contributed by atoms with E-state index in [1.807, 2.05) is 6.07 Å². The molecule has 7 nitrogen and oxygen atoms in total. The number of likely N-dealkylation sites (N-methyl/N-ethyl adjacent to an activating group) is 1. The molecule has 1 aromatic heterocycles. The molecule has 0 unspecified atom stereocenters. The van der Waals surface area contributed by atoms with Gasteiger partial charge in [-0.3, -0.25) is 4.79 Å². The summed E-state index contributed by atoms with van der Waals surface area (Å²) in [7, 11) is -2.71. The van der Waals surface area contributed by atoms with Gasteiger partial charge in [-0.1, -0.05) is 11.3 Å². The van der Waals surface area contributed by atoms with Gasteiger partial charge in [0.1, 0.15) is 0 Å². The van der Waals surface area contributed by atoms with E-state index >= 15 is 0 Å². The Bertz CT molecular complexity index is 1160. The SMILES string of the molecule is CN(CC(=O)Nc1nc2cc(F)c(F)cc2s1)S(=O)(=O)c1ccc(C#N)cc1. The largest absolute Gasteiger partial charge is 0.301 e. The normalized spacial score (nSPS) is 11.5. The Hall–Kier alpha value is -2.94. The number of hydrogen-bond acceptors (Lipinski definition) is 6. The van der Waals surface area contributed by atoms with Gasteiger partial charge in [0.25, 0.3) is 0 Å². The highest BCUT2D eigenvalue weighted by molar-refractivity contribution is 7.89. The van der Waals surface area contributed by atoms with Crippen molar-refractivity contribution in [2.75, 3.05) is 18.9 Å². The Morgan fingerprint density at radius 2 is 1.89 bits per heavy atom. The molecule has 0 fully saturated rings. The average molecular weight is 422 g/mol. The third kappa shape index (κ3) is 3.99. The number of anilines is 1. The Morgan fingerprint density at radius 3 is 2.54 bits per heavy atom. The number of rotatable bonds is 5. The van der Waals surface area contributed by atoms with E-state index in [1.54, 1.807) is 0 Å². The number of nitriles is 1. The van der Waals surface area contributed by atoms with E-state index in [4.69, 9.17) is 5.26 Å². The summed E-state index contributed by atoms with van der Waals surface area (Å²) in [6.45, 7) is -0.499. The number of fused-ring (bicyclic) bond motifs is 1. The van der Waals surface area contributed by atoms with Crippen LogP contribution in [-0.4, -0.2) is 37.2 Å². The second-order valence-electron chi connectivity index (χ2n) is 5.70. The summed E-state index contributed by atoms with van der Waals surface area (Å²) in [5.74, 6) is -2.74. The van der Waals surface area contributed by atoms with Crippen molar-refractivity contribution in [3.63, 3.8) is 0 Å². The lowest BCUT2D eigenvalue weighted by atomic mass is 10.2. The van der Waals surface area contributed by atoms with Gasteiger partial charge >= 0.3 is 0 Å². The Labute approximate surface area is 162 Å². The van der Waals surface area contributed by atoms with Gasteiger partial charge < -0.3 is 5.32 Å². The summed E-state index contributed by atoms with van der Waals surface area (Å²) in [5.41, 5.74) is 0.487. The molecule has 3 aromatic rings. The van der Waals surface area contributed by atoms with Crippen LogP contribution in [0.15, 0.2) is 41.3 Å².